The van der Waals surface area contributed by atoms with Gasteiger partial charge in [-0.2, -0.15) is 4.39 Å². The van der Waals surface area contributed by atoms with Crippen LogP contribution in [0.15, 0.2) is 17.3 Å². The highest BCUT2D eigenvalue weighted by Crippen LogP contribution is 2.34. The first-order valence-corrected chi connectivity index (χ1v) is 9.37. The molecule has 0 aliphatic carbocycles. The number of halogens is 2. The van der Waals surface area contributed by atoms with Crippen molar-refractivity contribution in [2.24, 2.45) is 5.16 Å². The molecular formula is C18H20ClFN2O8. The number of carbonyl (C=O) groups is 2. The predicted octanol–water partition coefficient (Wildman–Crippen LogP) is 2.78. The third-order valence-electron chi connectivity index (χ3n) is 4.16. The molecule has 30 heavy (non-hydrogen) atoms. The van der Waals surface area contributed by atoms with E-state index in [2.05, 4.69) is 5.16 Å². The van der Waals surface area contributed by atoms with Crippen LogP contribution in [-0.2, 0) is 28.6 Å². The van der Waals surface area contributed by atoms with E-state index < -0.39 is 46.7 Å². The number of nitro benzene ring substituents is 1. The number of hydrogen-bond donors (Lipinski definition) is 0. The smallest absolute Gasteiger partial charge is 0.356 e. The van der Waals surface area contributed by atoms with Crippen molar-refractivity contribution in [1.29, 1.82) is 0 Å². The number of rotatable bonds is 9. The van der Waals surface area contributed by atoms with Crippen molar-refractivity contribution in [2.75, 3.05) is 19.8 Å². The number of carbonyl (C=O) groups excluding carboxylic acids is 2. The van der Waals surface area contributed by atoms with Crippen molar-refractivity contribution in [3.05, 3.63) is 38.7 Å². The molecule has 2 unspecified atom stereocenters. The molecule has 0 radical (unpaired) electrons. The lowest BCUT2D eigenvalue weighted by atomic mass is 9.94. The van der Waals surface area contributed by atoms with Gasteiger partial charge in [0.1, 0.15) is 6.61 Å². The second kappa shape index (κ2) is 9.81. The second-order valence-corrected chi connectivity index (χ2v) is 6.67. The topological polar surface area (TPSA) is 127 Å². The van der Waals surface area contributed by atoms with Gasteiger partial charge < -0.3 is 19.0 Å². The van der Waals surface area contributed by atoms with Crippen molar-refractivity contribution in [3.63, 3.8) is 0 Å². The highest BCUT2D eigenvalue weighted by molar-refractivity contribution is 6.34. The third-order valence-corrected chi connectivity index (χ3v) is 4.47. The lowest BCUT2D eigenvalue weighted by Gasteiger charge is -2.25. The Kier molecular flexibility index (Phi) is 7.68. The van der Waals surface area contributed by atoms with E-state index in [4.69, 9.17) is 30.6 Å². The summed E-state index contributed by atoms with van der Waals surface area (Å²) in [4.78, 5) is 39.7. The molecule has 1 aliphatic heterocycles. The van der Waals surface area contributed by atoms with Crippen LogP contribution in [0.3, 0.4) is 0 Å². The van der Waals surface area contributed by atoms with Gasteiger partial charge in [-0.25, -0.2) is 9.59 Å². The van der Waals surface area contributed by atoms with Crippen LogP contribution < -0.4 is 0 Å². The van der Waals surface area contributed by atoms with E-state index in [1.54, 1.807) is 13.8 Å². The molecule has 1 aromatic carbocycles. The maximum Gasteiger partial charge on any atom is 0.356 e. The van der Waals surface area contributed by atoms with Crippen molar-refractivity contribution < 1.29 is 38.0 Å². The zero-order valence-electron chi connectivity index (χ0n) is 16.5. The first kappa shape index (κ1) is 23.5. The second-order valence-electron chi connectivity index (χ2n) is 6.27. The summed E-state index contributed by atoms with van der Waals surface area (Å²) in [6.07, 6.45) is -1.23. The van der Waals surface area contributed by atoms with Gasteiger partial charge in [0.2, 0.25) is 5.82 Å². The number of nitrogens with zero attached hydrogens (tertiary/aromatic N) is 2. The first-order valence-electron chi connectivity index (χ1n) is 8.99. The minimum Gasteiger partial charge on any atom is -0.464 e. The number of esters is 2. The fourth-order valence-corrected chi connectivity index (χ4v) is 2.88. The first-order chi connectivity index (χ1) is 14.1. The number of ether oxygens (including phenoxy) is 3. The van der Waals surface area contributed by atoms with E-state index in [0.717, 1.165) is 12.1 Å². The van der Waals surface area contributed by atoms with E-state index in [0.29, 0.717) is 0 Å². The maximum absolute atomic E-state index is 13.8. The monoisotopic (exact) mass is 446 g/mol. The van der Waals surface area contributed by atoms with Crippen LogP contribution in [0.25, 0.3) is 0 Å². The van der Waals surface area contributed by atoms with Gasteiger partial charge in [-0.1, -0.05) is 16.8 Å². The lowest BCUT2D eigenvalue weighted by molar-refractivity contribution is -0.387. The van der Waals surface area contributed by atoms with Gasteiger partial charge in [0, 0.05) is 24.1 Å². The summed E-state index contributed by atoms with van der Waals surface area (Å²) in [5, 5.41) is 14.7. The molecule has 0 spiro atoms. The standard InChI is InChI=1S/C18H20ClFN2O8/c1-4-27-16(23)10(3)29-9-18(17(24)28-5-2)8-14(21-30-18)11-6-15(22(25)26)13(20)7-12(11)19/h6-7,10H,4-5,8-9H2,1-3H3. The number of oxime groups is 1. The van der Waals surface area contributed by atoms with Crippen molar-refractivity contribution in [2.45, 2.75) is 38.9 Å². The van der Waals surface area contributed by atoms with Gasteiger partial charge in [-0.05, 0) is 20.8 Å². The Balaban J connectivity index is 2.28. The SMILES string of the molecule is CCOC(=O)C(C)OCC1(C(=O)OCC)CC(c2cc([N+](=O)[O-])c(F)cc2Cl)=NO1. The van der Waals surface area contributed by atoms with Gasteiger partial charge in [0.05, 0.1) is 28.9 Å². The molecule has 2 rings (SSSR count). The summed E-state index contributed by atoms with van der Waals surface area (Å²) < 4.78 is 29.1. The van der Waals surface area contributed by atoms with Crippen LogP contribution in [0.2, 0.25) is 5.02 Å². The summed E-state index contributed by atoms with van der Waals surface area (Å²) in [6, 6.07) is 1.68. The number of nitro groups is 1. The molecular weight excluding hydrogens is 427 g/mol. The molecule has 0 bridgehead atoms. The van der Waals surface area contributed by atoms with E-state index in [1.807, 2.05) is 0 Å². The van der Waals surface area contributed by atoms with Gasteiger partial charge in [-0.15, -0.1) is 0 Å². The van der Waals surface area contributed by atoms with E-state index in [-0.39, 0.29) is 35.9 Å². The van der Waals surface area contributed by atoms with E-state index in [1.165, 1.54) is 6.92 Å². The van der Waals surface area contributed by atoms with Crippen molar-refractivity contribution in [1.82, 2.24) is 0 Å². The Morgan fingerprint density at radius 1 is 1.37 bits per heavy atom. The Morgan fingerprint density at radius 2 is 2.03 bits per heavy atom. The Bertz CT molecular complexity index is 878. The minimum atomic E-state index is -1.75. The largest absolute Gasteiger partial charge is 0.464 e. The Hall–Kier alpha value is -2.79. The van der Waals surface area contributed by atoms with Gasteiger partial charge in [0.25, 0.3) is 5.60 Å². The minimum absolute atomic E-state index is 0.0226. The van der Waals surface area contributed by atoms with Crippen molar-refractivity contribution >= 4 is 34.9 Å². The fourth-order valence-electron chi connectivity index (χ4n) is 2.62. The van der Waals surface area contributed by atoms with Crippen LogP contribution >= 0.6 is 11.6 Å². The molecule has 10 nitrogen and oxygen atoms in total. The molecule has 1 heterocycles. The van der Waals surface area contributed by atoms with Crippen molar-refractivity contribution in [3.8, 4) is 0 Å². The molecule has 0 fully saturated rings. The molecule has 1 aliphatic rings. The molecule has 0 aromatic heterocycles. The average Bonchev–Trinajstić information content (AvgIpc) is 3.11. The Morgan fingerprint density at radius 3 is 2.63 bits per heavy atom. The summed E-state index contributed by atoms with van der Waals surface area (Å²) in [7, 11) is 0. The Labute approximate surface area is 176 Å². The number of benzene rings is 1. The molecule has 2 atom stereocenters. The van der Waals surface area contributed by atoms with Gasteiger partial charge >= 0.3 is 17.6 Å². The molecule has 0 saturated heterocycles. The summed E-state index contributed by atoms with van der Waals surface area (Å²) in [5.74, 6) is -2.56. The third kappa shape index (κ3) is 5.03. The van der Waals surface area contributed by atoms with Crippen LogP contribution in [0, 0.1) is 15.9 Å². The molecule has 0 N–H and O–H groups in total. The highest BCUT2D eigenvalue weighted by atomic mass is 35.5. The number of hydrogen-bond acceptors (Lipinski definition) is 9. The zero-order valence-corrected chi connectivity index (χ0v) is 17.2. The quantitative estimate of drug-likeness (QED) is 0.322. The molecule has 0 amide bonds. The normalized spacial score (nSPS) is 18.9. The lowest BCUT2D eigenvalue weighted by Crippen LogP contribution is -2.46. The molecule has 12 heteroatoms. The van der Waals surface area contributed by atoms with Crippen LogP contribution in [0.5, 0.6) is 0 Å². The van der Waals surface area contributed by atoms with Crippen LogP contribution in [0.1, 0.15) is 32.8 Å². The fraction of sp³-hybridized carbons (Fsp3) is 0.500. The maximum atomic E-state index is 13.8. The molecule has 0 saturated carbocycles. The molecule has 164 valence electrons. The zero-order chi connectivity index (χ0) is 22.5. The average molecular weight is 447 g/mol. The van der Waals surface area contributed by atoms with Crippen LogP contribution in [0.4, 0.5) is 10.1 Å². The van der Waals surface area contributed by atoms with Gasteiger partial charge in [0.15, 0.2) is 6.10 Å². The van der Waals surface area contributed by atoms with E-state index in [9.17, 15) is 24.1 Å². The predicted molar refractivity (Wildman–Crippen MR) is 102 cm³/mol. The summed E-state index contributed by atoms with van der Waals surface area (Å²) >= 11 is 6.02. The van der Waals surface area contributed by atoms with Crippen LogP contribution in [-0.4, -0.2) is 54.1 Å². The summed E-state index contributed by atoms with van der Waals surface area (Å²) in [5.41, 5.74) is -2.48. The summed E-state index contributed by atoms with van der Waals surface area (Å²) in [6.45, 7) is 4.44. The van der Waals surface area contributed by atoms with Gasteiger partial charge in [-0.3, -0.25) is 10.1 Å². The molecule has 1 aromatic rings. The van der Waals surface area contributed by atoms with E-state index >= 15 is 0 Å². The highest BCUT2D eigenvalue weighted by Gasteiger charge is 2.50.